The molecule has 2 heterocycles. The van der Waals surface area contributed by atoms with E-state index in [1.807, 2.05) is 36.4 Å². The van der Waals surface area contributed by atoms with E-state index in [-0.39, 0.29) is 12.5 Å². The maximum Gasteiger partial charge on any atom is 0.421 e. The van der Waals surface area contributed by atoms with Gasteiger partial charge in [0.15, 0.2) is 0 Å². The van der Waals surface area contributed by atoms with Gasteiger partial charge in [0, 0.05) is 29.9 Å². The Balaban J connectivity index is 1.75. The molecule has 0 unspecified atom stereocenters. The number of imide groups is 1. The quantitative estimate of drug-likeness (QED) is 0.723. The lowest BCUT2D eigenvalue weighted by atomic mass is 10.0. The predicted molar refractivity (Wildman–Crippen MR) is 116 cm³/mol. The molecule has 0 aliphatic carbocycles. The van der Waals surface area contributed by atoms with Gasteiger partial charge in [0.2, 0.25) is 0 Å². The zero-order valence-electron chi connectivity index (χ0n) is 16.9. The molecule has 0 radical (unpaired) electrons. The Morgan fingerprint density at radius 1 is 1.07 bits per heavy atom. The number of hydrogen-bond donors (Lipinski definition) is 0. The van der Waals surface area contributed by atoms with Crippen LogP contribution in [0.4, 0.5) is 10.5 Å². The average molecular weight is 404 g/mol. The lowest BCUT2D eigenvalue weighted by molar-refractivity contribution is -0.112. The Morgan fingerprint density at radius 3 is 2.50 bits per heavy atom. The highest BCUT2D eigenvalue weighted by molar-refractivity contribution is 6.39. The van der Waals surface area contributed by atoms with Gasteiger partial charge in [-0.05, 0) is 30.7 Å². The highest BCUT2D eigenvalue weighted by atomic mass is 16.6. The Morgan fingerprint density at radius 2 is 1.77 bits per heavy atom. The highest BCUT2D eigenvalue weighted by Gasteiger charge is 2.37. The second-order valence-electron chi connectivity index (χ2n) is 6.95. The van der Waals surface area contributed by atoms with Crippen molar-refractivity contribution in [2.75, 3.05) is 37.8 Å². The SMILES string of the molecule is CCOC(=O)N1C(=O)/C(=C/C=C(\c2ccccc2)N2CCOCC2)c2ccccc21. The van der Waals surface area contributed by atoms with Crippen LogP contribution in [-0.4, -0.2) is 49.8 Å². The van der Waals surface area contributed by atoms with Crippen molar-refractivity contribution in [2.45, 2.75) is 6.92 Å². The summed E-state index contributed by atoms with van der Waals surface area (Å²) in [6.07, 6.45) is 3.11. The maximum absolute atomic E-state index is 13.1. The van der Waals surface area contributed by atoms with Gasteiger partial charge in [-0.25, -0.2) is 9.69 Å². The molecule has 6 heteroatoms. The molecule has 2 aromatic carbocycles. The van der Waals surface area contributed by atoms with Crippen molar-refractivity contribution >= 4 is 29.0 Å². The molecule has 0 atom stereocenters. The Labute approximate surface area is 176 Å². The summed E-state index contributed by atoms with van der Waals surface area (Å²) in [6.45, 7) is 4.82. The minimum atomic E-state index is -0.654. The largest absolute Gasteiger partial charge is 0.449 e. The molecule has 6 nitrogen and oxygen atoms in total. The average Bonchev–Trinajstić information content (AvgIpc) is 3.07. The van der Waals surface area contributed by atoms with Gasteiger partial charge in [-0.2, -0.15) is 0 Å². The third-order valence-corrected chi connectivity index (χ3v) is 5.15. The second kappa shape index (κ2) is 8.97. The fourth-order valence-corrected chi connectivity index (χ4v) is 3.73. The van der Waals surface area contributed by atoms with Crippen LogP contribution in [0.2, 0.25) is 0 Å². The number of carbonyl (C=O) groups is 2. The van der Waals surface area contributed by atoms with Gasteiger partial charge in [-0.15, -0.1) is 0 Å². The van der Waals surface area contributed by atoms with Crippen LogP contribution in [0.5, 0.6) is 0 Å². The van der Waals surface area contributed by atoms with Crippen molar-refractivity contribution in [3.05, 3.63) is 77.9 Å². The highest BCUT2D eigenvalue weighted by Crippen LogP contribution is 2.37. The van der Waals surface area contributed by atoms with Crippen molar-refractivity contribution in [2.24, 2.45) is 0 Å². The summed E-state index contributed by atoms with van der Waals surface area (Å²) in [7, 11) is 0. The predicted octanol–water partition coefficient (Wildman–Crippen LogP) is 3.95. The monoisotopic (exact) mass is 404 g/mol. The van der Waals surface area contributed by atoms with Gasteiger partial charge in [-0.1, -0.05) is 48.5 Å². The summed E-state index contributed by atoms with van der Waals surface area (Å²) < 4.78 is 10.6. The number of ether oxygens (including phenoxy) is 2. The van der Waals surface area contributed by atoms with Gasteiger partial charge in [0.25, 0.3) is 5.91 Å². The zero-order valence-corrected chi connectivity index (χ0v) is 16.9. The van der Waals surface area contributed by atoms with E-state index >= 15 is 0 Å². The first-order valence-electron chi connectivity index (χ1n) is 10.1. The summed E-state index contributed by atoms with van der Waals surface area (Å²) in [5.74, 6) is -0.375. The molecule has 0 spiro atoms. The number of nitrogens with zero attached hydrogens (tertiary/aromatic N) is 2. The van der Waals surface area contributed by atoms with Crippen LogP contribution in [-0.2, 0) is 14.3 Å². The molecular weight excluding hydrogens is 380 g/mol. The first-order chi connectivity index (χ1) is 14.7. The first-order valence-corrected chi connectivity index (χ1v) is 10.1. The summed E-state index contributed by atoms with van der Waals surface area (Å²) >= 11 is 0. The van der Waals surface area contributed by atoms with E-state index < -0.39 is 6.09 Å². The molecule has 2 aromatic rings. The number of rotatable bonds is 4. The second-order valence-corrected chi connectivity index (χ2v) is 6.95. The summed E-state index contributed by atoms with van der Waals surface area (Å²) in [5, 5.41) is 0. The fraction of sp³-hybridized carbons (Fsp3) is 0.250. The summed E-state index contributed by atoms with van der Waals surface area (Å²) in [4.78, 5) is 28.8. The van der Waals surface area contributed by atoms with Gasteiger partial charge in [-0.3, -0.25) is 4.79 Å². The number of benzene rings is 2. The molecular formula is C24H24N2O4. The molecule has 0 saturated carbocycles. The molecule has 4 rings (SSSR count). The summed E-state index contributed by atoms with van der Waals surface area (Å²) in [5.41, 5.74) is 3.83. The Bertz CT molecular complexity index is 991. The van der Waals surface area contributed by atoms with E-state index in [0.717, 1.165) is 34.8 Å². The van der Waals surface area contributed by atoms with Crippen LogP contribution < -0.4 is 4.90 Å². The van der Waals surface area contributed by atoms with Crippen LogP contribution in [0.1, 0.15) is 18.1 Å². The number of allylic oxidation sites excluding steroid dienone is 2. The Hall–Kier alpha value is -3.38. The van der Waals surface area contributed by atoms with Crippen LogP contribution in [0.3, 0.4) is 0 Å². The fourth-order valence-electron chi connectivity index (χ4n) is 3.73. The minimum absolute atomic E-state index is 0.207. The zero-order chi connectivity index (χ0) is 20.9. The molecule has 1 saturated heterocycles. The molecule has 2 aliphatic heterocycles. The van der Waals surface area contributed by atoms with Crippen LogP contribution >= 0.6 is 0 Å². The van der Waals surface area contributed by atoms with Crippen molar-refractivity contribution < 1.29 is 19.1 Å². The third kappa shape index (κ3) is 3.86. The number of hydrogen-bond acceptors (Lipinski definition) is 5. The van der Waals surface area contributed by atoms with E-state index in [1.54, 1.807) is 25.1 Å². The standard InChI is InChI=1S/C24H24N2O4/c1-2-30-24(28)26-22-11-7-6-10-19(22)20(23(26)27)12-13-21(18-8-4-3-5-9-18)25-14-16-29-17-15-25/h3-13H,2,14-17H2,1H3/b20-12+,21-13+. The number of para-hydroxylation sites is 1. The molecule has 0 N–H and O–H groups in total. The van der Waals surface area contributed by atoms with Crippen molar-refractivity contribution in [1.29, 1.82) is 0 Å². The van der Waals surface area contributed by atoms with Gasteiger partial charge >= 0.3 is 6.09 Å². The number of anilines is 1. The Kier molecular flexibility index (Phi) is 5.95. The first kappa shape index (κ1) is 19.9. The molecule has 2 amide bonds. The molecule has 0 aromatic heterocycles. The number of fused-ring (bicyclic) bond motifs is 1. The van der Waals surface area contributed by atoms with E-state index in [2.05, 4.69) is 17.0 Å². The van der Waals surface area contributed by atoms with Crippen LogP contribution in [0, 0.1) is 0 Å². The van der Waals surface area contributed by atoms with E-state index in [1.165, 1.54) is 0 Å². The lowest BCUT2D eigenvalue weighted by Crippen LogP contribution is -2.35. The molecule has 0 bridgehead atoms. The van der Waals surface area contributed by atoms with Gasteiger partial charge < -0.3 is 14.4 Å². The van der Waals surface area contributed by atoms with Crippen molar-refractivity contribution in [1.82, 2.24) is 4.90 Å². The molecule has 2 aliphatic rings. The van der Waals surface area contributed by atoms with E-state index in [0.29, 0.717) is 24.5 Å². The van der Waals surface area contributed by atoms with Crippen LogP contribution in [0.15, 0.2) is 66.7 Å². The van der Waals surface area contributed by atoms with Gasteiger partial charge in [0.05, 0.1) is 25.5 Å². The van der Waals surface area contributed by atoms with Crippen molar-refractivity contribution in [3.8, 4) is 0 Å². The minimum Gasteiger partial charge on any atom is -0.449 e. The number of carbonyl (C=O) groups excluding carboxylic acids is 2. The smallest absolute Gasteiger partial charge is 0.421 e. The van der Waals surface area contributed by atoms with E-state index in [4.69, 9.17) is 9.47 Å². The summed E-state index contributed by atoms with van der Waals surface area (Å²) in [6, 6.07) is 17.3. The van der Waals surface area contributed by atoms with Crippen LogP contribution in [0.25, 0.3) is 11.3 Å². The lowest BCUT2D eigenvalue weighted by Gasteiger charge is -2.31. The number of amides is 2. The van der Waals surface area contributed by atoms with Crippen molar-refractivity contribution in [3.63, 3.8) is 0 Å². The number of morpholine rings is 1. The maximum atomic E-state index is 13.1. The van der Waals surface area contributed by atoms with Gasteiger partial charge in [0.1, 0.15) is 0 Å². The molecule has 154 valence electrons. The third-order valence-electron chi connectivity index (χ3n) is 5.15. The topological polar surface area (TPSA) is 59.1 Å². The van der Waals surface area contributed by atoms with E-state index in [9.17, 15) is 9.59 Å². The molecule has 1 fully saturated rings. The molecule has 30 heavy (non-hydrogen) atoms. The normalized spacial score (nSPS) is 18.0.